The highest BCUT2D eigenvalue weighted by Crippen LogP contribution is 2.20. The highest BCUT2D eigenvalue weighted by atomic mass is 19.4. The molecule has 10 heteroatoms. The number of hydrogen-bond acceptors (Lipinski definition) is 5. The topological polar surface area (TPSA) is 74.8 Å². The lowest BCUT2D eigenvalue weighted by atomic mass is 10.2. The molecule has 1 aromatic heterocycles. The summed E-state index contributed by atoms with van der Waals surface area (Å²) >= 11 is 0. The van der Waals surface area contributed by atoms with Gasteiger partial charge >= 0.3 is 6.18 Å². The number of carbonyl (C=O) groups is 2. The van der Waals surface area contributed by atoms with Crippen LogP contribution in [0.15, 0.2) is 18.3 Å². The van der Waals surface area contributed by atoms with Crippen molar-refractivity contribution in [3.8, 4) is 0 Å². The van der Waals surface area contributed by atoms with Crippen LogP contribution in [0.2, 0.25) is 0 Å². The van der Waals surface area contributed by atoms with E-state index in [1.165, 1.54) is 23.2 Å². The normalized spacial score (nSPS) is 18.7. The van der Waals surface area contributed by atoms with E-state index >= 15 is 0 Å². The molecule has 0 bridgehead atoms. The van der Waals surface area contributed by atoms with E-state index < -0.39 is 24.7 Å². The number of nitrogens with zero attached hydrogens (tertiary/aromatic N) is 3. The zero-order chi connectivity index (χ0) is 18.6. The van der Waals surface area contributed by atoms with Crippen LogP contribution in [0.1, 0.15) is 10.4 Å². The number of amides is 2. The zero-order valence-electron chi connectivity index (χ0n) is 13.8. The molecule has 1 aliphatic rings. The van der Waals surface area contributed by atoms with Crippen molar-refractivity contribution in [1.82, 2.24) is 14.8 Å². The maximum Gasteiger partial charge on any atom is 0.401 e. The molecule has 1 saturated heterocycles. The summed E-state index contributed by atoms with van der Waals surface area (Å²) in [7, 11) is 3.16. The third-order valence-corrected chi connectivity index (χ3v) is 3.59. The van der Waals surface area contributed by atoms with Gasteiger partial charge in [0.2, 0.25) is 5.91 Å². The summed E-state index contributed by atoms with van der Waals surface area (Å²) in [6.45, 7) is -1.20. The number of hydrogen-bond donors (Lipinski definition) is 1. The molecule has 2 amide bonds. The van der Waals surface area contributed by atoms with E-state index in [1.807, 2.05) is 0 Å². The number of ether oxygens (including phenoxy) is 1. The number of anilines is 1. The lowest BCUT2D eigenvalue weighted by Crippen LogP contribution is -2.54. The van der Waals surface area contributed by atoms with E-state index in [4.69, 9.17) is 4.74 Å². The van der Waals surface area contributed by atoms with Crippen LogP contribution in [0.4, 0.5) is 19.0 Å². The number of pyridine rings is 1. The van der Waals surface area contributed by atoms with Gasteiger partial charge in [-0.05, 0) is 12.1 Å². The number of aromatic nitrogens is 1. The Morgan fingerprint density at radius 2 is 2.16 bits per heavy atom. The predicted molar refractivity (Wildman–Crippen MR) is 83.1 cm³/mol. The molecule has 2 heterocycles. The largest absolute Gasteiger partial charge is 0.401 e. The van der Waals surface area contributed by atoms with Gasteiger partial charge in [-0.25, -0.2) is 4.98 Å². The lowest BCUT2D eigenvalue weighted by molar-refractivity contribution is -0.165. The van der Waals surface area contributed by atoms with Crippen molar-refractivity contribution < 1.29 is 27.5 Å². The third-order valence-electron chi connectivity index (χ3n) is 3.59. The van der Waals surface area contributed by atoms with Crippen molar-refractivity contribution >= 4 is 17.6 Å². The Kier molecular flexibility index (Phi) is 5.96. The van der Waals surface area contributed by atoms with Gasteiger partial charge in [0.25, 0.3) is 5.91 Å². The van der Waals surface area contributed by atoms with Crippen molar-refractivity contribution in [2.24, 2.45) is 0 Å². The maximum absolute atomic E-state index is 12.7. The monoisotopic (exact) mass is 360 g/mol. The number of morpholine rings is 1. The fourth-order valence-corrected chi connectivity index (χ4v) is 2.40. The predicted octanol–water partition coefficient (Wildman–Crippen LogP) is 0.985. The molecule has 25 heavy (non-hydrogen) atoms. The fraction of sp³-hybridized carbons (Fsp3) is 0.533. The second-order valence-electron chi connectivity index (χ2n) is 5.79. The highest BCUT2D eigenvalue weighted by molar-refractivity contribution is 5.97. The first-order chi connectivity index (χ1) is 11.7. The molecule has 138 valence electrons. The van der Waals surface area contributed by atoms with Crippen LogP contribution in [-0.4, -0.2) is 79.2 Å². The summed E-state index contributed by atoms with van der Waals surface area (Å²) in [5, 5.41) is 2.45. The molecule has 1 aliphatic heterocycles. The molecule has 0 saturated carbocycles. The van der Waals surface area contributed by atoms with Gasteiger partial charge < -0.3 is 15.0 Å². The lowest BCUT2D eigenvalue weighted by Gasteiger charge is -2.34. The van der Waals surface area contributed by atoms with Gasteiger partial charge in [-0.2, -0.15) is 13.2 Å². The summed E-state index contributed by atoms with van der Waals surface area (Å²) < 4.78 is 43.1. The van der Waals surface area contributed by atoms with Crippen LogP contribution in [0.5, 0.6) is 0 Å². The quantitative estimate of drug-likeness (QED) is 0.867. The summed E-state index contributed by atoms with van der Waals surface area (Å²) in [4.78, 5) is 30.6. The van der Waals surface area contributed by atoms with Crippen molar-refractivity contribution in [2.75, 3.05) is 45.7 Å². The number of halogens is 3. The van der Waals surface area contributed by atoms with Crippen molar-refractivity contribution in [2.45, 2.75) is 12.2 Å². The number of rotatable bonds is 4. The minimum Gasteiger partial charge on any atom is -0.378 e. The van der Waals surface area contributed by atoms with E-state index in [2.05, 4.69) is 10.3 Å². The van der Waals surface area contributed by atoms with Gasteiger partial charge in [-0.15, -0.1) is 0 Å². The molecule has 0 spiro atoms. The Balaban J connectivity index is 2.09. The molecular weight excluding hydrogens is 341 g/mol. The van der Waals surface area contributed by atoms with Crippen LogP contribution >= 0.6 is 0 Å². The smallest absolute Gasteiger partial charge is 0.378 e. The Labute approximate surface area is 142 Å². The van der Waals surface area contributed by atoms with Gasteiger partial charge in [0, 0.05) is 32.4 Å². The Morgan fingerprint density at radius 3 is 2.80 bits per heavy atom. The van der Waals surface area contributed by atoms with E-state index in [9.17, 15) is 22.8 Å². The van der Waals surface area contributed by atoms with Crippen LogP contribution in [-0.2, 0) is 9.53 Å². The number of nitrogens with one attached hydrogen (secondary N) is 1. The average Bonchev–Trinajstić information content (AvgIpc) is 2.53. The van der Waals surface area contributed by atoms with Gasteiger partial charge in [0.15, 0.2) is 0 Å². The molecule has 0 aromatic carbocycles. The first-order valence-corrected chi connectivity index (χ1v) is 7.54. The molecule has 0 aliphatic carbocycles. The summed E-state index contributed by atoms with van der Waals surface area (Å²) in [5.74, 6) is -0.848. The van der Waals surface area contributed by atoms with Gasteiger partial charge in [-0.3, -0.25) is 14.5 Å². The number of carbonyl (C=O) groups excluding carboxylic acids is 2. The van der Waals surface area contributed by atoms with Crippen LogP contribution < -0.4 is 5.32 Å². The summed E-state index contributed by atoms with van der Waals surface area (Å²) in [6, 6.07) is 1.78. The van der Waals surface area contributed by atoms with Crippen LogP contribution in [0.3, 0.4) is 0 Å². The fourth-order valence-electron chi connectivity index (χ4n) is 2.40. The summed E-state index contributed by atoms with van der Waals surface area (Å²) in [5.41, 5.74) is 0.308. The first-order valence-electron chi connectivity index (χ1n) is 7.54. The average molecular weight is 360 g/mol. The minimum absolute atomic E-state index is 0.00415. The zero-order valence-corrected chi connectivity index (χ0v) is 13.8. The van der Waals surface area contributed by atoms with Gasteiger partial charge in [0.1, 0.15) is 11.9 Å². The van der Waals surface area contributed by atoms with E-state index in [0.29, 0.717) is 5.56 Å². The maximum atomic E-state index is 12.7. The Morgan fingerprint density at radius 1 is 1.44 bits per heavy atom. The molecule has 1 atom stereocenters. The van der Waals surface area contributed by atoms with E-state index in [-0.39, 0.29) is 31.5 Å². The molecule has 2 rings (SSSR count). The molecule has 1 aromatic rings. The van der Waals surface area contributed by atoms with Gasteiger partial charge in [0.05, 0.1) is 19.8 Å². The standard InChI is InChI=1S/C15H19F3N4O3/c1-21(2)14(24)10-3-4-19-12(7-10)20-13(23)11-8-25-6-5-22(11)9-15(16,17)18/h3-4,7,11H,5-6,8-9H2,1-2H3,(H,19,20,23). The molecule has 0 radical (unpaired) electrons. The molecule has 7 nitrogen and oxygen atoms in total. The Hall–Kier alpha value is -2.20. The number of alkyl halides is 3. The third kappa shape index (κ3) is 5.40. The molecule has 1 unspecified atom stereocenters. The van der Waals surface area contributed by atoms with E-state index in [0.717, 1.165) is 4.90 Å². The molecule has 1 fully saturated rings. The van der Waals surface area contributed by atoms with Crippen molar-refractivity contribution in [3.63, 3.8) is 0 Å². The minimum atomic E-state index is -4.41. The molecular formula is C15H19F3N4O3. The second-order valence-corrected chi connectivity index (χ2v) is 5.79. The van der Waals surface area contributed by atoms with Gasteiger partial charge in [-0.1, -0.05) is 0 Å². The first kappa shape index (κ1) is 19.1. The van der Waals surface area contributed by atoms with Crippen LogP contribution in [0, 0.1) is 0 Å². The van der Waals surface area contributed by atoms with Crippen molar-refractivity contribution in [1.29, 1.82) is 0 Å². The summed E-state index contributed by atoms with van der Waals surface area (Å²) in [6.07, 6.45) is -3.07. The van der Waals surface area contributed by atoms with Crippen LogP contribution in [0.25, 0.3) is 0 Å². The van der Waals surface area contributed by atoms with E-state index in [1.54, 1.807) is 14.1 Å². The Bertz CT molecular complexity index is 637. The second kappa shape index (κ2) is 7.79. The SMILES string of the molecule is CN(C)C(=O)c1ccnc(NC(=O)C2COCCN2CC(F)(F)F)c1. The molecule has 1 N–H and O–H groups in total. The van der Waals surface area contributed by atoms with Crippen molar-refractivity contribution in [3.05, 3.63) is 23.9 Å². The highest BCUT2D eigenvalue weighted by Gasteiger charge is 2.38.